The molecule has 2 heterocycles. The highest BCUT2D eigenvalue weighted by molar-refractivity contribution is 5.83. The van der Waals surface area contributed by atoms with Gasteiger partial charge < -0.3 is 9.80 Å². The monoisotopic (exact) mass is 340 g/mol. The Labute approximate surface area is 145 Å². The van der Waals surface area contributed by atoms with E-state index < -0.39 is 4.92 Å². The Balaban J connectivity index is 1.51. The van der Waals surface area contributed by atoms with Crippen LogP contribution in [0.1, 0.15) is 19.3 Å². The number of rotatable bonds is 3. The van der Waals surface area contributed by atoms with Crippen LogP contribution in [0.5, 0.6) is 0 Å². The number of non-ortho nitro benzene ring substituents is 1. The van der Waals surface area contributed by atoms with E-state index in [4.69, 9.17) is 0 Å². The number of nitro groups is 1. The molecule has 0 radical (unpaired) electrons. The minimum absolute atomic E-state index is 0.0750. The molecule has 0 spiro atoms. The van der Waals surface area contributed by atoms with Crippen molar-refractivity contribution in [1.82, 2.24) is 9.88 Å². The molecule has 1 aliphatic carbocycles. The van der Waals surface area contributed by atoms with Crippen LogP contribution in [0.15, 0.2) is 30.3 Å². The Bertz CT molecular complexity index is 834. The Hall–Kier alpha value is -2.70. The van der Waals surface area contributed by atoms with Gasteiger partial charge in [0.1, 0.15) is 5.82 Å². The van der Waals surface area contributed by atoms with Gasteiger partial charge in [-0.2, -0.15) is 0 Å². The van der Waals surface area contributed by atoms with Gasteiger partial charge in [-0.05, 0) is 37.5 Å². The largest absolute Gasteiger partial charge is 0.355 e. The van der Waals surface area contributed by atoms with Crippen LogP contribution in [0.2, 0.25) is 0 Å². The van der Waals surface area contributed by atoms with Gasteiger partial charge in [0.15, 0.2) is 0 Å². The lowest BCUT2D eigenvalue weighted by Crippen LogP contribution is -2.36. The molecule has 0 unspecified atom stereocenters. The first kappa shape index (κ1) is 15.8. The molecule has 2 fully saturated rings. The van der Waals surface area contributed by atoms with Crippen molar-refractivity contribution >= 4 is 28.3 Å². The average Bonchev–Trinajstić information content (AvgIpc) is 3.46. The first-order chi connectivity index (χ1) is 12.1. The summed E-state index contributed by atoms with van der Waals surface area (Å²) in [4.78, 5) is 31.6. The highest BCUT2D eigenvalue weighted by Crippen LogP contribution is 2.31. The van der Waals surface area contributed by atoms with E-state index >= 15 is 0 Å². The van der Waals surface area contributed by atoms with Crippen LogP contribution in [0.4, 0.5) is 11.5 Å². The zero-order valence-corrected chi connectivity index (χ0v) is 13.9. The predicted molar refractivity (Wildman–Crippen MR) is 94.5 cm³/mol. The van der Waals surface area contributed by atoms with Gasteiger partial charge in [0, 0.05) is 49.6 Å². The number of carbonyl (C=O) groups excluding carboxylic acids is 1. The highest BCUT2D eigenvalue weighted by atomic mass is 16.6. The zero-order chi connectivity index (χ0) is 17.4. The molecule has 0 bridgehead atoms. The summed E-state index contributed by atoms with van der Waals surface area (Å²) in [6, 6.07) is 8.51. The third-order valence-corrected chi connectivity index (χ3v) is 4.93. The second kappa shape index (κ2) is 6.31. The van der Waals surface area contributed by atoms with Gasteiger partial charge in [-0.15, -0.1) is 0 Å². The summed E-state index contributed by atoms with van der Waals surface area (Å²) in [5.41, 5.74) is 0.823. The van der Waals surface area contributed by atoms with Crippen LogP contribution in [0, 0.1) is 16.0 Å². The number of hydrogen-bond acceptors (Lipinski definition) is 5. The van der Waals surface area contributed by atoms with E-state index in [0.29, 0.717) is 5.91 Å². The van der Waals surface area contributed by atoms with Crippen molar-refractivity contribution in [2.24, 2.45) is 5.92 Å². The maximum atomic E-state index is 12.3. The lowest BCUT2D eigenvalue weighted by molar-refractivity contribution is -0.384. The van der Waals surface area contributed by atoms with Crippen LogP contribution in [0.3, 0.4) is 0 Å². The average molecular weight is 340 g/mol. The summed E-state index contributed by atoms with van der Waals surface area (Å²) in [6.07, 6.45) is 3.01. The van der Waals surface area contributed by atoms with Crippen LogP contribution in [0.25, 0.3) is 10.9 Å². The van der Waals surface area contributed by atoms with Crippen LogP contribution in [-0.4, -0.2) is 46.9 Å². The van der Waals surface area contributed by atoms with Gasteiger partial charge in [0.25, 0.3) is 5.69 Å². The first-order valence-corrected chi connectivity index (χ1v) is 8.71. The number of pyridine rings is 1. The SMILES string of the molecule is O=C(C1CC1)N1CCCN(c2ccc3cc([N+](=O)[O-])ccc3n2)CC1. The van der Waals surface area contributed by atoms with Crippen molar-refractivity contribution in [1.29, 1.82) is 0 Å². The van der Waals surface area contributed by atoms with Crippen molar-refractivity contribution in [2.45, 2.75) is 19.3 Å². The molecule has 0 atom stereocenters. The van der Waals surface area contributed by atoms with E-state index in [9.17, 15) is 14.9 Å². The van der Waals surface area contributed by atoms with E-state index in [-0.39, 0.29) is 11.6 Å². The molecule has 2 aromatic rings. The van der Waals surface area contributed by atoms with Crippen molar-refractivity contribution in [3.8, 4) is 0 Å². The van der Waals surface area contributed by atoms with E-state index in [1.165, 1.54) is 6.07 Å². The van der Waals surface area contributed by atoms with Gasteiger partial charge >= 0.3 is 0 Å². The van der Waals surface area contributed by atoms with Crippen molar-refractivity contribution in [3.05, 3.63) is 40.4 Å². The van der Waals surface area contributed by atoms with Gasteiger partial charge in [0.05, 0.1) is 10.4 Å². The molecule has 1 saturated carbocycles. The third-order valence-electron chi connectivity index (χ3n) is 4.93. The molecular formula is C18H20N4O3. The quantitative estimate of drug-likeness (QED) is 0.634. The fraction of sp³-hybridized carbons (Fsp3) is 0.444. The normalized spacial score (nSPS) is 18.2. The molecule has 4 rings (SSSR count). The smallest absolute Gasteiger partial charge is 0.270 e. The molecule has 1 amide bonds. The van der Waals surface area contributed by atoms with Crippen molar-refractivity contribution in [2.75, 3.05) is 31.1 Å². The molecule has 130 valence electrons. The van der Waals surface area contributed by atoms with Crippen molar-refractivity contribution < 1.29 is 9.72 Å². The number of amides is 1. The lowest BCUT2D eigenvalue weighted by atomic mass is 10.2. The second-order valence-corrected chi connectivity index (χ2v) is 6.74. The van der Waals surface area contributed by atoms with Crippen LogP contribution in [-0.2, 0) is 4.79 Å². The topological polar surface area (TPSA) is 79.6 Å². The predicted octanol–water partition coefficient (Wildman–Crippen LogP) is 2.59. The molecule has 1 aromatic carbocycles. The maximum Gasteiger partial charge on any atom is 0.270 e. The zero-order valence-electron chi connectivity index (χ0n) is 13.9. The molecule has 1 aliphatic heterocycles. The Morgan fingerprint density at radius 3 is 2.72 bits per heavy atom. The van der Waals surface area contributed by atoms with Gasteiger partial charge in [-0.3, -0.25) is 14.9 Å². The van der Waals surface area contributed by atoms with E-state index in [0.717, 1.165) is 62.2 Å². The Kier molecular flexibility index (Phi) is 3.99. The first-order valence-electron chi connectivity index (χ1n) is 8.71. The number of aromatic nitrogens is 1. The number of carbonyl (C=O) groups is 1. The Morgan fingerprint density at radius 2 is 1.96 bits per heavy atom. The molecule has 7 heteroatoms. The third kappa shape index (κ3) is 3.26. The summed E-state index contributed by atoms with van der Waals surface area (Å²) < 4.78 is 0. The minimum atomic E-state index is -0.395. The molecule has 7 nitrogen and oxygen atoms in total. The lowest BCUT2D eigenvalue weighted by Gasteiger charge is -2.23. The fourth-order valence-electron chi connectivity index (χ4n) is 3.35. The maximum absolute atomic E-state index is 12.3. The molecule has 0 N–H and O–H groups in total. The van der Waals surface area contributed by atoms with Crippen LogP contribution < -0.4 is 4.90 Å². The molecular weight excluding hydrogens is 320 g/mol. The van der Waals surface area contributed by atoms with E-state index in [1.54, 1.807) is 12.1 Å². The molecule has 1 saturated heterocycles. The van der Waals surface area contributed by atoms with E-state index in [2.05, 4.69) is 9.88 Å². The Morgan fingerprint density at radius 1 is 1.12 bits per heavy atom. The highest BCUT2D eigenvalue weighted by Gasteiger charge is 2.34. The van der Waals surface area contributed by atoms with E-state index in [1.807, 2.05) is 17.0 Å². The van der Waals surface area contributed by atoms with Gasteiger partial charge in [0.2, 0.25) is 5.91 Å². The minimum Gasteiger partial charge on any atom is -0.355 e. The van der Waals surface area contributed by atoms with Gasteiger partial charge in [-0.25, -0.2) is 4.98 Å². The standard InChI is InChI=1S/C18H20N4O3/c23-18(13-2-3-13)21-9-1-8-20(10-11-21)17-7-4-14-12-15(22(24)25)5-6-16(14)19-17/h4-7,12-13H,1-3,8-11H2. The number of nitrogens with zero attached hydrogens (tertiary/aromatic N) is 4. The molecule has 1 aromatic heterocycles. The summed E-state index contributed by atoms with van der Waals surface area (Å²) >= 11 is 0. The summed E-state index contributed by atoms with van der Waals surface area (Å²) in [5.74, 6) is 1.43. The number of fused-ring (bicyclic) bond motifs is 1. The van der Waals surface area contributed by atoms with Crippen molar-refractivity contribution in [3.63, 3.8) is 0 Å². The number of nitro benzene ring substituents is 1. The summed E-state index contributed by atoms with van der Waals surface area (Å²) in [6.45, 7) is 3.17. The molecule has 25 heavy (non-hydrogen) atoms. The number of benzene rings is 1. The van der Waals surface area contributed by atoms with Gasteiger partial charge in [-0.1, -0.05) is 0 Å². The number of hydrogen-bond donors (Lipinski definition) is 0. The second-order valence-electron chi connectivity index (χ2n) is 6.74. The molecule has 2 aliphatic rings. The summed E-state index contributed by atoms with van der Waals surface area (Å²) in [7, 11) is 0. The fourth-order valence-corrected chi connectivity index (χ4v) is 3.35. The summed E-state index contributed by atoms with van der Waals surface area (Å²) in [5, 5.41) is 11.6. The van der Waals surface area contributed by atoms with Crippen LogP contribution >= 0.6 is 0 Å². The number of anilines is 1.